The monoisotopic (exact) mass is 421 g/mol. The van der Waals surface area contributed by atoms with E-state index in [1.165, 1.54) is 27.5 Å². The van der Waals surface area contributed by atoms with Gasteiger partial charge >= 0.3 is 6.61 Å². The summed E-state index contributed by atoms with van der Waals surface area (Å²) in [5.41, 5.74) is 1.78. The quantitative estimate of drug-likeness (QED) is 0.586. The highest BCUT2D eigenvalue weighted by atomic mass is 19.3. The van der Waals surface area contributed by atoms with Crippen molar-refractivity contribution >= 4 is 11.6 Å². The van der Waals surface area contributed by atoms with Gasteiger partial charge in [-0.15, -0.1) is 0 Å². The van der Waals surface area contributed by atoms with Crippen LogP contribution in [0.25, 0.3) is 0 Å². The molecule has 0 spiro atoms. The zero-order chi connectivity index (χ0) is 20.9. The van der Waals surface area contributed by atoms with Crippen LogP contribution in [-0.4, -0.2) is 52.0 Å². The standard InChI is InChI=1S/C21H23F2N3O4/c22-21(23)30-17-4-2-16(3-5-17)24-20(27)13-26-9-7-25(8-10-26)12-15-1-6-18-19(11-15)29-14-28-18/h1-6,11,21H,7-10,12-14H2,(H,24,27)/p+2. The van der Waals surface area contributed by atoms with E-state index in [1.54, 1.807) is 12.1 Å². The molecule has 2 aliphatic heterocycles. The minimum absolute atomic E-state index is 0.0650. The van der Waals surface area contributed by atoms with E-state index < -0.39 is 6.61 Å². The lowest BCUT2D eigenvalue weighted by Crippen LogP contribution is -3.28. The molecule has 9 heteroatoms. The summed E-state index contributed by atoms with van der Waals surface area (Å²) >= 11 is 0. The van der Waals surface area contributed by atoms with E-state index in [2.05, 4.69) is 16.1 Å². The second kappa shape index (κ2) is 9.27. The molecular weight excluding hydrogens is 396 g/mol. The van der Waals surface area contributed by atoms with Gasteiger partial charge in [0.1, 0.15) is 38.5 Å². The van der Waals surface area contributed by atoms with Crippen LogP contribution in [0.4, 0.5) is 14.5 Å². The van der Waals surface area contributed by atoms with Crippen LogP contribution in [0, 0.1) is 0 Å². The van der Waals surface area contributed by atoms with E-state index in [0.29, 0.717) is 12.2 Å². The molecule has 0 aliphatic carbocycles. The number of carbonyl (C=O) groups is 1. The molecule has 2 heterocycles. The summed E-state index contributed by atoms with van der Waals surface area (Å²) in [6.45, 7) is 2.51. The van der Waals surface area contributed by atoms with Crippen LogP contribution >= 0.6 is 0 Å². The zero-order valence-electron chi connectivity index (χ0n) is 16.5. The van der Waals surface area contributed by atoms with Crippen molar-refractivity contribution in [2.24, 2.45) is 0 Å². The second-order valence-electron chi connectivity index (χ2n) is 7.49. The molecule has 2 aromatic carbocycles. The van der Waals surface area contributed by atoms with Gasteiger partial charge < -0.3 is 29.3 Å². The number of ether oxygens (including phenoxy) is 3. The predicted molar refractivity (Wildman–Crippen MR) is 104 cm³/mol. The SMILES string of the molecule is O=C(C[NH+]1CC[NH+](Cc2ccc3c(c2)OCO3)CC1)Nc1ccc(OC(F)F)cc1. The summed E-state index contributed by atoms with van der Waals surface area (Å²) in [6, 6.07) is 12.0. The first kappa shape index (κ1) is 20.4. The van der Waals surface area contributed by atoms with Gasteiger partial charge in [-0.3, -0.25) is 4.79 Å². The number of piperazine rings is 1. The van der Waals surface area contributed by atoms with E-state index in [4.69, 9.17) is 9.47 Å². The maximum atomic E-state index is 12.3. The van der Waals surface area contributed by atoms with Gasteiger partial charge in [0.15, 0.2) is 18.0 Å². The summed E-state index contributed by atoms with van der Waals surface area (Å²) in [4.78, 5) is 15.0. The van der Waals surface area contributed by atoms with Crippen molar-refractivity contribution in [3.8, 4) is 17.2 Å². The highest BCUT2D eigenvalue weighted by molar-refractivity contribution is 5.91. The van der Waals surface area contributed by atoms with Gasteiger partial charge in [0.2, 0.25) is 6.79 Å². The number of fused-ring (bicyclic) bond motifs is 1. The molecule has 0 unspecified atom stereocenters. The van der Waals surface area contributed by atoms with Crippen molar-refractivity contribution in [3.05, 3.63) is 48.0 Å². The Hall–Kier alpha value is -2.91. The van der Waals surface area contributed by atoms with Crippen LogP contribution < -0.4 is 29.3 Å². The Balaban J connectivity index is 1.20. The number of amides is 1. The molecule has 0 radical (unpaired) electrons. The number of nitrogens with one attached hydrogen (secondary N) is 3. The minimum Gasteiger partial charge on any atom is -0.454 e. The summed E-state index contributed by atoms with van der Waals surface area (Å²) in [6.07, 6.45) is 0. The molecule has 1 fully saturated rings. The highest BCUT2D eigenvalue weighted by Gasteiger charge is 2.25. The van der Waals surface area contributed by atoms with Gasteiger partial charge in [-0.25, -0.2) is 0 Å². The molecule has 2 aliphatic rings. The molecule has 1 saturated heterocycles. The first-order chi connectivity index (χ1) is 14.5. The van der Waals surface area contributed by atoms with Crippen molar-refractivity contribution in [2.45, 2.75) is 13.2 Å². The maximum Gasteiger partial charge on any atom is 0.387 e. The molecule has 3 N–H and O–H groups in total. The molecule has 30 heavy (non-hydrogen) atoms. The van der Waals surface area contributed by atoms with Gasteiger partial charge in [-0.1, -0.05) is 0 Å². The van der Waals surface area contributed by atoms with E-state index in [9.17, 15) is 13.6 Å². The second-order valence-corrected chi connectivity index (χ2v) is 7.49. The van der Waals surface area contributed by atoms with Crippen molar-refractivity contribution in [1.29, 1.82) is 0 Å². The lowest BCUT2D eigenvalue weighted by Gasteiger charge is -2.29. The smallest absolute Gasteiger partial charge is 0.387 e. The summed E-state index contributed by atoms with van der Waals surface area (Å²) < 4.78 is 39.5. The molecule has 0 saturated carbocycles. The Morgan fingerprint density at radius 2 is 1.70 bits per heavy atom. The van der Waals surface area contributed by atoms with Crippen molar-refractivity contribution < 1.29 is 37.6 Å². The van der Waals surface area contributed by atoms with Crippen LogP contribution in [0.5, 0.6) is 17.2 Å². The van der Waals surface area contributed by atoms with Gasteiger partial charge in [0.25, 0.3) is 5.91 Å². The first-order valence-electron chi connectivity index (χ1n) is 9.95. The third-order valence-electron chi connectivity index (χ3n) is 5.33. The molecule has 0 atom stereocenters. The van der Waals surface area contributed by atoms with Crippen LogP contribution in [0.3, 0.4) is 0 Å². The summed E-state index contributed by atoms with van der Waals surface area (Å²) in [5.74, 6) is 1.58. The number of rotatable bonds is 7. The molecule has 160 valence electrons. The first-order valence-corrected chi connectivity index (χ1v) is 9.95. The average molecular weight is 421 g/mol. The topological polar surface area (TPSA) is 65.7 Å². The molecule has 2 aromatic rings. The fourth-order valence-corrected chi connectivity index (χ4v) is 3.80. The Morgan fingerprint density at radius 1 is 1.00 bits per heavy atom. The van der Waals surface area contributed by atoms with Gasteiger partial charge in [-0.05, 0) is 42.5 Å². The van der Waals surface area contributed by atoms with Crippen molar-refractivity contribution in [2.75, 3.05) is 44.8 Å². The van der Waals surface area contributed by atoms with E-state index >= 15 is 0 Å². The third kappa shape index (κ3) is 5.37. The number of carbonyl (C=O) groups excluding carboxylic acids is 1. The Morgan fingerprint density at radius 3 is 2.43 bits per heavy atom. The Bertz CT molecular complexity index is 871. The lowest BCUT2D eigenvalue weighted by atomic mass is 10.1. The van der Waals surface area contributed by atoms with Gasteiger partial charge in [-0.2, -0.15) is 8.78 Å². The van der Waals surface area contributed by atoms with Crippen molar-refractivity contribution in [1.82, 2.24) is 0 Å². The maximum absolute atomic E-state index is 12.3. The van der Waals surface area contributed by atoms with Crippen LogP contribution in [-0.2, 0) is 11.3 Å². The lowest BCUT2D eigenvalue weighted by molar-refractivity contribution is -1.02. The number of anilines is 1. The average Bonchev–Trinajstić information content (AvgIpc) is 3.18. The molecular formula is C21H25F2N3O4+2. The van der Waals surface area contributed by atoms with E-state index in [0.717, 1.165) is 44.2 Å². The largest absolute Gasteiger partial charge is 0.454 e. The van der Waals surface area contributed by atoms with Crippen LogP contribution in [0.2, 0.25) is 0 Å². The van der Waals surface area contributed by atoms with Crippen LogP contribution in [0.15, 0.2) is 42.5 Å². The molecule has 0 aromatic heterocycles. The third-order valence-corrected chi connectivity index (χ3v) is 5.33. The van der Waals surface area contributed by atoms with E-state index in [-0.39, 0.29) is 18.4 Å². The fourth-order valence-electron chi connectivity index (χ4n) is 3.80. The molecule has 4 rings (SSSR count). The zero-order valence-corrected chi connectivity index (χ0v) is 16.5. The number of hydrogen-bond acceptors (Lipinski definition) is 4. The van der Waals surface area contributed by atoms with Gasteiger partial charge in [0.05, 0.1) is 0 Å². The van der Waals surface area contributed by atoms with Gasteiger partial charge in [0, 0.05) is 11.3 Å². The minimum atomic E-state index is -2.86. The Labute approximate surface area is 173 Å². The number of benzene rings is 2. The normalized spacial score (nSPS) is 20.2. The fraction of sp³-hybridized carbons (Fsp3) is 0.381. The molecule has 1 amide bonds. The molecule has 0 bridgehead atoms. The van der Waals surface area contributed by atoms with Crippen LogP contribution in [0.1, 0.15) is 5.56 Å². The highest BCUT2D eigenvalue weighted by Crippen LogP contribution is 2.32. The van der Waals surface area contributed by atoms with E-state index in [1.807, 2.05) is 12.1 Å². The van der Waals surface area contributed by atoms with Crippen molar-refractivity contribution in [3.63, 3.8) is 0 Å². The Kier molecular flexibility index (Phi) is 6.29. The number of hydrogen-bond donors (Lipinski definition) is 3. The summed E-state index contributed by atoms with van der Waals surface area (Å²) in [7, 11) is 0. The summed E-state index contributed by atoms with van der Waals surface area (Å²) in [5, 5.41) is 2.81. The molecule has 7 nitrogen and oxygen atoms in total. The number of halogens is 2. The number of alkyl halides is 2. The predicted octanol–water partition coefficient (Wildman–Crippen LogP) is -0.0612. The number of quaternary nitrogens is 2.